The van der Waals surface area contributed by atoms with E-state index in [2.05, 4.69) is 11.2 Å². The van der Waals surface area contributed by atoms with Crippen LogP contribution in [-0.2, 0) is 4.79 Å². The number of rotatable bonds is 2. The van der Waals surface area contributed by atoms with Gasteiger partial charge in [0.2, 0.25) is 0 Å². The lowest BCUT2D eigenvalue weighted by molar-refractivity contribution is -0.133. The summed E-state index contributed by atoms with van der Waals surface area (Å²) in [6.45, 7) is 0. The lowest BCUT2D eigenvalue weighted by atomic mass is 10.0. The van der Waals surface area contributed by atoms with Crippen LogP contribution in [0.15, 0.2) is 24.3 Å². The molecular formula is C14H15NO2. The van der Waals surface area contributed by atoms with E-state index >= 15 is 0 Å². The molecule has 0 atom stereocenters. The van der Waals surface area contributed by atoms with Gasteiger partial charge in [-0.05, 0) is 43.9 Å². The number of aliphatic hydroxyl groups is 1. The average molecular weight is 229 g/mol. The molecule has 0 bridgehead atoms. The van der Waals surface area contributed by atoms with Gasteiger partial charge in [0.15, 0.2) is 0 Å². The second-order valence-electron chi connectivity index (χ2n) is 4.42. The highest BCUT2D eigenvalue weighted by Gasteiger charge is 2.38. The standard InChI is InChI=1S/C14H15NO2/c1-2-11-6-5-7-12(10-11)15-13(16)14(17)8-3-4-9-14/h1,5-7,10,17H,3-4,8-9H2,(H,15,16). The summed E-state index contributed by atoms with van der Waals surface area (Å²) >= 11 is 0. The van der Waals surface area contributed by atoms with Crippen LogP contribution >= 0.6 is 0 Å². The van der Waals surface area contributed by atoms with Gasteiger partial charge in [-0.25, -0.2) is 0 Å². The minimum atomic E-state index is -1.20. The summed E-state index contributed by atoms with van der Waals surface area (Å²) in [6, 6.07) is 7.05. The Labute approximate surface area is 101 Å². The van der Waals surface area contributed by atoms with Crippen LogP contribution in [0.1, 0.15) is 31.2 Å². The third-order valence-corrected chi connectivity index (χ3v) is 3.14. The van der Waals surface area contributed by atoms with Gasteiger partial charge in [-0.1, -0.05) is 12.0 Å². The predicted octanol–water partition coefficient (Wildman–Crippen LogP) is 1.91. The highest BCUT2D eigenvalue weighted by atomic mass is 16.3. The fourth-order valence-corrected chi connectivity index (χ4v) is 2.12. The quantitative estimate of drug-likeness (QED) is 0.761. The lowest BCUT2D eigenvalue weighted by Crippen LogP contribution is -2.40. The first-order chi connectivity index (χ1) is 8.14. The number of carbonyl (C=O) groups excluding carboxylic acids is 1. The van der Waals surface area contributed by atoms with Crippen molar-refractivity contribution in [3.63, 3.8) is 0 Å². The largest absolute Gasteiger partial charge is 0.380 e. The summed E-state index contributed by atoms with van der Waals surface area (Å²) in [5.41, 5.74) is 0.138. The average Bonchev–Trinajstić information content (AvgIpc) is 2.78. The van der Waals surface area contributed by atoms with Crippen LogP contribution in [0.5, 0.6) is 0 Å². The zero-order valence-corrected chi connectivity index (χ0v) is 9.57. The van der Waals surface area contributed by atoms with Crippen LogP contribution in [0.3, 0.4) is 0 Å². The smallest absolute Gasteiger partial charge is 0.256 e. The molecule has 0 saturated heterocycles. The zero-order valence-electron chi connectivity index (χ0n) is 9.57. The Kier molecular flexibility index (Phi) is 3.16. The number of benzene rings is 1. The van der Waals surface area contributed by atoms with Gasteiger partial charge in [-0.3, -0.25) is 4.79 Å². The molecule has 17 heavy (non-hydrogen) atoms. The van der Waals surface area contributed by atoms with E-state index in [1.54, 1.807) is 24.3 Å². The SMILES string of the molecule is C#Cc1cccc(NC(=O)C2(O)CCCC2)c1. The molecular weight excluding hydrogens is 214 g/mol. The molecule has 3 heteroatoms. The van der Waals surface area contributed by atoms with E-state index in [9.17, 15) is 9.90 Å². The highest BCUT2D eigenvalue weighted by molar-refractivity contribution is 5.97. The summed E-state index contributed by atoms with van der Waals surface area (Å²) in [5, 5.41) is 12.8. The van der Waals surface area contributed by atoms with Crippen LogP contribution in [0.25, 0.3) is 0 Å². The van der Waals surface area contributed by atoms with Crippen molar-refractivity contribution in [2.45, 2.75) is 31.3 Å². The van der Waals surface area contributed by atoms with Crippen LogP contribution in [0.4, 0.5) is 5.69 Å². The van der Waals surface area contributed by atoms with Crippen molar-refractivity contribution >= 4 is 11.6 Å². The molecule has 1 fully saturated rings. The molecule has 0 radical (unpaired) electrons. The summed E-state index contributed by atoms with van der Waals surface area (Å²) in [5.74, 6) is 2.18. The van der Waals surface area contributed by atoms with Gasteiger partial charge in [-0.2, -0.15) is 0 Å². The molecule has 1 aromatic rings. The normalized spacial score (nSPS) is 17.4. The first kappa shape index (κ1) is 11.7. The predicted molar refractivity (Wildman–Crippen MR) is 66.4 cm³/mol. The van der Waals surface area contributed by atoms with Crippen molar-refractivity contribution in [2.24, 2.45) is 0 Å². The number of hydrogen-bond acceptors (Lipinski definition) is 2. The molecule has 0 aliphatic heterocycles. The molecule has 0 heterocycles. The molecule has 2 rings (SSSR count). The number of anilines is 1. The maximum absolute atomic E-state index is 11.9. The summed E-state index contributed by atoms with van der Waals surface area (Å²) in [4.78, 5) is 11.9. The fourth-order valence-electron chi connectivity index (χ4n) is 2.12. The highest BCUT2D eigenvalue weighted by Crippen LogP contribution is 2.30. The van der Waals surface area contributed by atoms with Gasteiger partial charge in [0.1, 0.15) is 5.60 Å². The maximum atomic E-state index is 11.9. The Bertz CT molecular complexity index is 467. The van der Waals surface area contributed by atoms with Gasteiger partial charge in [0, 0.05) is 11.3 Å². The van der Waals surface area contributed by atoms with Crippen molar-refractivity contribution in [3.05, 3.63) is 29.8 Å². The Morgan fingerprint density at radius 1 is 1.41 bits per heavy atom. The minimum Gasteiger partial charge on any atom is -0.380 e. The van der Waals surface area contributed by atoms with Crippen LogP contribution in [-0.4, -0.2) is 16.6 Å². The molecule has 0 spiro atoms. The third kappa shape index (κ3) is 2.48. The molecule has 88 valence electrons. The van der Waals surface area contributed by atoms with E-state index < -0.39 is 5.60 Å². The zero-order chi connectivity index (χ0) is 12.3. The van der Waals surface area contributed by atoms with E-state index in [4.69, 9.17) is 6.42 Å². The molecule has 1 aliphatic rings. The van der Waals surface area contributed by atoms with Crippen LogP contribution < -0.4 is 5.32 Å². The molecule has 3 nitrogen and oxygen atoms in total. The minimum absolute atomic E-state index is 0.329. The molecule has 2 N–H and O–H groups in total. The fraction of sp³-hybridized carbons (Fsp3) is 0.357. The number of amides is 1. The second-order valence-corrected chi connectivity index (χ2v) is 4.42. The first-order valence-corrected chi connectivity index (χ1v) is 5.74. The third-order valence-electron chi connectivity index (χ3n) is 3.14. The van der Waals surface area contributed by atoms with E-state index in [0.717, 1.165) is 12.8 Å². The maximum Gasteiger partial charge on any atom is 0.256 e. The van der Waals surface area contributed by atoms with Crippen molar-refractivity contribution < 1.29 is 9.90 Å². The molecule has 0 aromatic heterocycles. The Morgan fingerprint density at radius 3 is 2.76 bits per heavy atom. The van der Waals surface area contributed by atoms with Gasteiger partial charge in [0.05, 0.1) is 0 Å². The topological polar surface area (TPSA) is 49.3 Å². The van der Waals surface area contributed by atoms with Gasteiger partial charge < -0.3 is 10.4 Å². The van der Waals surface area contributed by atoms with Crippen LogP contribution in [0.2, 0.25) is 0 Å². The van der Waals surface area contributed by atoms with Gasteiger partial charge in [-0.15, -0.1) is 6.42 Å². The van der Waals surface area contributed by atoms with Crippen molar-refractivity contribution in [2.75, 3.05) is 5.32 Å². The number of carbonyl (C=O) groups is 1. The lowest BCUT2D eigenvalue weighted by Gasteiger charge is -2.20. The molecule has 1 saturated carbocycles. The molecule has 1 amide bonds. The van der Waals surface area contributed by atoms with Crippen molar-refractivity contribution in [1.82, 2.24) is 0 Å². The molecule has 0 unspecified atom stereocenters. The number of hydrogen-bond donors (Lipinski definition) is 2. The Morgan fingerprint density at radius 2 is 2.12 bits per heavy atom. The Hall–Kier alpha value is -1.79. The van der Waals surface area contributed by atoms with E-state index in [1.165, 1.54) is 0 Å². The monoisotopic (exact) mass is 229 g/mol. The van der Waals surface area contributed by atoms with E-state index in [0.29, 0.717) is 24.1 Å². The van der Waals surface area contributed by atoms with Gasteiger partial charge >= 0.3 is 0 Å². The van der Waals surface area contributed by atoms with Crippen molar-refractivity contribution in [3.8, 4) is 12.3 Å². The van der Waals surface area contributed by atoms with E-state index in [1.807, 2.05) is 0 Å². The number of nitrogens with one attached hydrogen (secondary N) is 1. The summed E-state index contributed by atoms with van der Waals surface area (Å²) in [7, 11) is 0. The molecule has 1 aliphatic carbocycles. The van der Waals surface area contributed by atoms with Crippen molar-refractivity contribution in [1.29, 1.82) is 0 Å². The summed E-state index contributed by atoms with van der Waals surface area (Å²) < 4.78 is 0. The second kappa shape index (κ2) is 4.60. The van der Waals surface area contributed by atoms with E-state index in [-0.39, 0.29) is 5.91 Å². The summed E-state index contributed by atoms with van der Waals surface area (Å²) in [6.07, 6.45) is 8.15. The van der Waals surface area contributed by atoms with Gasteiger partial charge in [0.25, 0.3) is 5.91 Å². The van der Waals surface area contributed by atoms with Crippen LogP contribution in [0, 0.1) is 12.3 Å². The number of terminal acetylenes is 1. The molecule has 1 aromatic carbocycles. The first-order valence-electron chi connectivity index (χ1n) is 5.74. The Balaban J connectivity index is 2.10.